The van der Waals surface area contributed by atoms with Crippen LogP contribution in [-0.4, -0.2) is 11.9 Å². The van der Waals surface area contributed by atoms with Crippen LogP contribution in [0.15, 0.2) is 109 Å². The fraction of sp³-hybridized carbons (Fsp3) is 0.189. The second kappa shape index (κ2) is 14.1. The minimum Gasteiger partial charge on any atom is -0.422 e. The molecule has 0 aliphatic rings. The van der Waals surface area contributed by atoms with E-state index in [9.17, 15) is 9.59 Å². The SMILES string of the molecule is CC=CCc1c(Cc2ccc(C)c(OC(=O)c3ccccc3)c2CC=CC)ccc(C)c1OC(=O)c1ccccc1. The monoisotopic (exact) mass is 544 g/mol. The fourth-order valence-electron chi connectivity index (χ4n) is 4.76. The lowest BCUT2D eigenvalue weighted by Crippen LogP contribution is -2.13. The summed E-state index contributed by atoms with van der Waals surface area (Å²) in [5.74, 6) is 0.415. The number of carbonyl (C=O) groups is 2. The highest BCUT2D eigenvalue weighted by atomic mass is 16.5. The number of benzene rings is 4. The van der Waals surface area contributed by atoms with Gasteiger partial charge in [0.2, 0.25) is 0 Å². The van der Waals surface area contributed by atoms with Gasteiger partial charge in [-0.1, -0.05) is 85.0 Å². The zero-order chi connectivity index (χ0) is 29.2. The van der Waals surface area contributed by atoms with E-state index in [0.29, 0.717) is 41.9 Å². The Labute approximate surface area is 243 Å². The summed E-state index contributed by atoms with van der Waals surface area (Å²) in [4.78, 5) is 26.1. The number of rotatable bonds is 10. The van der Waals surface area contributed by atoms with Crippen molar-refractivity contribution in [1.29, 1.82) is 0 Å². The van der Waals surface area contributed by atoms with Crippen molar-refractivity contribution in [1.82, 2.24) is 0 Å². The molecule has 0 N–H and O–H groups in total. The molecule has 0 amide bonds. The van der Waals surface area contributed by atoms with Crippen LogP contribution in [0.3, 0.4) is 0 Å². The Morgan fingerprint density at radius 1 is 0.585 bits per heavy atom. The van der Waals surface area contributed by atoms with Gasteiger partial charge in [-0.05, 0) is 93.5 Å². The number of allylic oxidation sites excluding steroid dienone is 4. The molecule has 0 aliphatic carbocycles. The molecule has 0 saturated heterocycles. The smallest absolute Gasteiger partial charge is 0.343 e. The Morgan fingerprint density at radius 3 is 1.34 bits per heavy atom. The third kappa shape index (κ3) is 7.29. The molecule has 4 nitrogen and oxygen atoms in total. The minimum atomic E-state index is -0.383. The van der Waals surface area contributed by atoms with E-state index < -0.39 is 0 Å². The van der Waals surface area contributed by atoms with E-state index in [4.69, 9.17) is 9.47 Å². The van der Waals surface area contributed by atoms with E-state index in [1.165, 1.54) is 0 Å². The molecule has 0 fully saturated rings. The highest BCUT2D eigenvalue weighted by molar-refractivity contribution is 5.92. The Bertz CT molecular complexity index is 1450. The summed E-state index contributed by atoms with van der Waals surface area (Å²) in [6.07, 6.45) is 9.97. The van der Waals surface area contributed by atoms with Gasteiger partial charge < -0.3 is 9.47 Å². The molecule has 0 unspecified atom stereocenters. The highest BCUT2D eigenvalue weighted by Gasteiger charge is 2.20. The number of aryl methyl sites for hydroxylation is 2. The normalized spacial score (nSPS) is 11.2. The molecule has 0 saturated carbocycles. The van der Waals surface area contributed by atoms with Crippen molar-refractivity contribution in [3.05, 3.63) is 154 Å². The highest BCUT2D eigenvalue weighted by Crippen LogP contribution is 2.34. The molecular formula is C37H36O4. The Balaban J connectivity index is 1.76. The zero-order valence-electron chi connectivity index (χ0n) is 24.1. The summed E-state index contributed by atoms with van der Waals surface area (Å²) < 4.78 is 12.0. The molecule has 4 rings (SSSR count). The molecule has 0 aliphatic heterocycles. The molecule has 208 valence electrons. The van der Waals surface area contributed by atoms with Crippen molar-refractivity contribution in [2.45, 2.75) is 47.0 Å². The minimum absolute atomic E-state index is 0.383. The number of carbonyl (C=O) groups excluding carboxylic acids is 2. The van der Waals surface area contributed by atoms with Crippen LogP contribution in [0.25, 0.3) is 0 Å². The summed E-state index contributed by atoms with van der Waals surface area (Å²) in [7, 11) is 0. The van der Waals surface area contributed by atoms with Gasteiger partial charge in [-0.3, -0.25) is 0 Å². The Kier molecular flexibility index (Phi) is 10.1. The Morgan fingerprint density at radius 2 is 0.976 bits per heavy atom. The molecule has 4 aromatic rings. The van der Waals surface area contributed by atoms with Crippen LogP contribution >= 0.6 is 0 Å². The Hall–Kier alpha value is -4.70. The molecule has 0 atom stereocenters. The standard InChI is InChI=1S/C37H36O4/c1-5-7-19-32-30(23-21-26(3)34(32)40-36(38)28-15-11-9-12-16-28)25-31-24-22-27(4)35(33(31)20-8-6-2)41-37(39)29-17-13-10-14-18-29/h5-18,21-24H,19-20,25H2,1-4H3. The predicted molar refractivity (Wildman–Crippen MR) is 165 cm³/mol. The third-order valence-electron chi connectivity index (χ3n) is 7.01. The average Bonchev–Trinajstić information content (AvgIpc) is 3.00. The number of hydrogen-bond donors (Lipinski definition) is 0. The molecule has 4 aromatic carbocycles. The first-order valence-electron chi connectivity index (χ1n) is 13.9. The maximum atomic E-state index is 13.0. The maximum absolute atomic E-state index is 13.0. The van der Waals surface area contributed by atoms with Crippen LogP contribution in [0.2, 0.25) is 0 Å². The van der Waals surface area contributed by atoms with E-state index in [1.807, 2.05) is 88.4 Å². The lowest BCUT2D eigenvalue weighted by atomic mass is 9.90. The molecule has 4 heteroatoms. The van der Waals surface area contributed by atoms with Gasteiger partial charge in [0.1, 0.15) is 11.5 Å². The van der Waals surface area contributed by atoms with Crippen LogP contribution in [0.5, 0.6) is 11.5 Å². The first-order valence-corrected chi connectivity index (χ1v) is 13.9. The molecule has 0 spiro atoms. The maximum Gasteiger partial charge on any atom is 0.343 e. The van der Waals surface area contributed by atoms with Gasteiger partial charge in [0.25, 0.3) is 0 Å². The van der Waals surface area contributed by atoms with E-state index in [2.05, 4.69) is 24.3 Å². The van der Waals surface area contributed by atoms with Crippen molar-refractivity contribution in [2.75, 3.05) is 0 Å². The lowest BCUT2D eigenvalue weighted by molar-refractivity contribution is 0.0722. The fourth-order valence-corrected chi connectivity index (χ4v) is 4.76. The van der Waals surface area contributed by atoms with Crippen LogP contribution in [0.4, 0.5) is 0 Å². The van der Waals surface area contributed by atoms with Crippen molar-refractivity contribution in [2.24, 2.45) is 0 Å². The number of hydrogen-bond acceptors (Lipinski definition) is 4. The van der Waals surface area contributed by atoms with Crippen molar-refractivity contribution in [3.8, 4) is 11.5 Å². The predicted octanol–water partition coefficient (Wildman–Crippen LogP) is 8.57. The van der Waals surface area contributed by atoms with Gasteiger partial charge in [-0.25, -0.2) is 9.59 Å². The van der Waals surface area contributed by atoms with Gasteiger partial charge in [0.05, 0.1) is 11.1 Å². The van der Waals surface area contributed by atoms with Crippen LogP contribution < -0.4 is 9.47 Å². The summed E-state index contributed by atoms with van der Waals surface area (Å²) >= 11 is 0. The van der Waals surface area contributed by atoms with E-state index in [-0.39, 0.29) is 11.9 Å². The lowest BCUT2D eigenvalue weighted by Gasteiger charge is -2.20. The van der Waals surface area contributed by atoms with Crippen molar-refractivity contribution < 1.29 is 19.1 Å². The van der Waals surface area contributed by atoms with E-state index in [1.54, 1.807) is 24.3 Å². The van der Waals surface area contributed by atoms with Gasteiger partial charge in [-0.15, -0.1) is 0 Å². The molecule has 0 heterocycles. The second-order valence-corrected chi connectivity index (χ2v) is 9.93. The van der Waals surface area contributed by atoms with E-state index >= 15 is 0 Å². The van der Waals surface area contributed by atoms with Gasteiger partial charge in [0.15, 0.2) is 0 Å². The molecule has 41 heavy (non-hydrogen) atoms. The van der Waals surface area contributed by atoms with Crippen molar-refractivity contribution in [3.63, 3.8) is 0 Å². The van der Waals surface area contributed by atoms with Gasteiger partial charge in [-0.2, -0.15) is 0 Å². The first-order chi connectivity index (χ1) is 19.9. The third-order valence-corrected chi connectivity index (χ3v) is 7.01. The van der Waals surface area contributed by atoms with Crippen LogP contribution in [-0.2, 0) is 19.3 Å². The average molecular weight is 545 g/mol. The molecular weight excluding hydrogens is 508 g/mol. The summed E-state index contributed by atoms with van der Waals surface area (Å²) in [5.41, 5.74) is 6.84. The number of ether oxygens (including phenoxy) is 2. The van der Waals surface area contributed by atoms with Gasteiger partial charge in [0, 0.05) is 11.1 Å². The molecule has 0 bridgehead atoms. The van der Waals surface area contributed by atoms with Crippen molar-refractivity contribution >= 4 is 11.9 Å². The van der Waals surface area contributed by atoms with E-state index in [0.717, 1.165) is 33.4 Å². The zero-order valence-corrected chi connectivity index (χ0v) is 24.1. The first kappa shape index (κ1) is 29.3. The number of esters is 2. The van der Waals surface area contributed by atoms with Crippen LogP contribution in [0, 0.1) is 13.8 Å². The quantitative estimate of drug-likeness (QED) is 0.114. The summed E-state index contributed by atoms with van der Waals surface area (Å²) in [6.45, 7) is 7.88. The molecule has 0 aromatic heterocycles. The largest absolute Gasteiger partial charge is 0.422 e. The molecule has 0 radical (unpaired) electrons. The second-order valence-electron chi connectivity index (χ2n) is 9.93. The summed E-state index contributed by atoms with van der Waals surface area (Å²) in [5, 5.41) is 0. The van der Waals surface area contributed by atoms with Gasteiger partial charge >= 0.3 is 11.9 Å². The summed E-state index contributed by atoms with van der Waals surface area (Å²) in [6, 6.07) is 26.3. The van der Waals surface area contributed by atoms with Crippen LogP contribution in [0.1, 0.15) is 67.9 Å². The topological polar surface area (TPSA) is 52.6 Å².